The maximum Gasteiger partial charge on any atom is 0.223 e. The van der Waals surface area contributed by atoms with Gasteiger partial charge in [-0.25, -0.2) is 0 Å². The van der Waals surface area contributed by atoms with Crippen molar-refractivity contribution in [2.24, 2.45) is 0 Å². The molecule has 0 bridgehead atoms. The first-order valence-corrected chi connectivity index (χ1v) is 10.8. The van der Waals surface area contributed by atoms with E-state index < -0.39 is 0 Å². The highest BCUT2D eigenvalue weighted by Gasteiger charge is 2.20. The van der Waals surface area contributed by atoms with Crippen LogP contribution in [0.3, 0.4) is 0 Å². The molecule has 1 amide bonds. The summed E-state index contributed by atoms with van der Waals surface area (Å²) in [6.07, 6.45) is 13.0. The molecule has 27 heavy (non-hydrogen) atoms. The smallest absolute Gasteiger partial charge is 0.223 e. The summed E-state index contributed by atoms with van der Waals surface area (Å²) in [5, 5.41) is 3.62. The van der Waals surface area contributed by atoms with E-state index in [1.807, 2.05) is 11.0 Å². The molecule has 1 saturated carbocycles. The molecule has 4 nitrogen and oxygen atoms in total. The second-order valence-electron chi connectivity index (χ2n) is 7.89. The van der Waals surface area contributed by atoms with Gasteiger partial charge in [-0.15, -0.1) is 0 Å². The number of amides is 1. The number of hydrogen-bond acceptors (Lipinski definition) is 3. The largest absolute Gasteiger partial charge is 0.340 e. The SMILES string of the molecule is O=C(CCNC1CCCCCC1)N1CCN(C/C=C/c2ccccc2)CC1. The lowest BCUT2D eigenvalue weighted by molar-refractivity contribution is -0.132. The van der Waals surface area contributed by atoms with E-state index in [9.17, 15) is 4.79 Å². The van der Waals surface area contributed by atoms with Crippen LogP contribution >= 0.6 is 0 Å². The molecule has 1 aromatic rings. The van der Waals surface area contributed by atoms with Crippen LogP contribution in [0.25, 0.3) is 6.08 Å². The number of nitrogens with zero attached hydrogens (tertiary/aromatic N) is 2. The number of nitrogens with one attached hydrogen (secondary N) is 1. The van der Waals surface area contributed by atoms with Gasteiger partial charge in [0.2, 0.25) is 5.91 Å². The van der Waals surface area contributed by atoms with Gasteiger partial charge < -0.3 is 10.2 Å². The number of carbonyl (C=O) groups excluding carboxylic acids is 1. The highest BCUT2D eigenvalue weighted by Crippen LogP contribution is 2.17. The van der Waals surface area contributed by atoms with Crippen molar-refractivity contribution in [3.8, 4) is 0 Å². The molecule has 1 aliphatic carbocycles. The average Bonchev–Trinajstić information content (AvgIpc) is 2.98. The Hall–Kier alpha value is -1.65. The molecule has 4 heteroatoms. The van der Waals surface area contributed by atoms with E-state index in [0.717, 1.165) is 39.3 Å². The summed E-state index contributed by atoms with van der Waals surface area (Å²) in [5.41, 5.74) is 1.24. The molecule has 1 saturated heterocycles. The molecule has 0 spiro atoms. The Morgan fingerprint density at radius 2 is 1.70 bits per heavy atom. The minimum atomic E-state index is 0.315. The van der Waals surface area contributed by atoms with Crippen LogP contribution in [-0.4, -0.2) is 61.0 Å². The van der Waals surface area contributed by atoms with Crippen molar-refractivity contribution < 1.29 is 4.79 Å². The number of hydrogen-bond donors (Lipinski definition) is 1. The molecule has 0 aromatic heterocycles. The van der Waals surface area contributed by atoms with Crippen LogP contribution in [0.15, 0.2) is 36.4 Å². The molecule has 1 heterocycles. The van der Waals surface area contributed by atoms with Crippen LogP contribution in [0.4, 0.5) is 0 Å². The first-order chi connectivity index (χ1) is 13.3. The van der Waals surface area contributed by atoms with Crippen molar-refractivity contribution in [2.75, 3.05) is 39.3 Å². The van der Waals surface area contributed by atoms with Gasteiger partial charge in [0.1, 0.15) is 0 Å². The van der Waals surface area contributed by atoms with Crippen LogP contribution < -0.4 is 5.32 Å². The van der Waals surface area contributed by atoms with Crippen molar-refractivity contribution in [1.82, 2.24) is 15.1 Å². The van der Waals surface area contributed by atoms with Gasteiger partial charge >= 0.3 is 0 Å². The zero-order valence-electron chi connectivity index (χ0n) is 16.6. The van der Waals surface area contributed by atoms with Gasteiger partial charge in [0.05, 0.1) is 0 Å². The van der Waals surface area contributed by atoms with E-state index in [1.165, 1.54) is 44.1 Å². The van der Waals surface area contributed by atoms with Crippen molar-refractivity contribution in [2.45, 2.75) is 51.0 Å². The first-order valence-electron chi connectivity index (χ1n) is 10.8. The molecule has 0 atom stereocenters. The van der Waals surface area contributed by atoms with Gasteiger partial charge in [0.15, 0.2) is 0 Å². The average molecular weight is 370 g/mol. The number of carbonyl (C=O) groups is 1. The standard InChI is InChI=1S/C23H35N3O/c27-23(14-15-24-22-12-6-1-2-7-13-22)26-19-17-25(18-20-26)16-8-11-21-9-4-3-5-10-21/h3-5,8-11,22,24H,1-2,6-7,12-20H2/b11-8+. The summed E-state index contributed by atoms with van der Waals surface area (Å²) in [7, 11) is 0. The Morgan fingerprint density at radius 3 is 2.41 bits per heavy atom. The van der Waals surface area contributed by atoms with E-state index in [4.69, 9.17) is 0 Å². The predicted octanol–water partition coefficient (Wildman–Crippen LogP) is 3.55. The molecule has 2 fully saturated rings. The summed E-state index contributed by atoms with van der Waals surface area (Å²) in [6.45, 7) is 5.47. The summed E-state index contributed by atoms with van der Waals surface area (Å²) in [6, 6.07) is 11.0. The Labute approximate surface area is 164 Å². The molecular weight excluding hydrogens is 334 g/mol. The summed E-state index contributed by atoms with van der Waals surface area (Å²) >= 11 is 0. The van der Waals surface area contributed by atoms with Crippen molar-refractivity contribution in [1.29, 1.82) is 0 Å². The lowest BCUT2D eigenvalue weighted by Gasteiger charge is -2.34. The van der Waals surface area contributed by atoms with Crippen LogP contribution in [0.1, 0.15) is 50.5 Å². The van der Waals surface area contributed by atoms with Gasteiger partial charge in [-0.2, -0.15) is 0 Å². The molecule has 1 aromatic carbocycles. The van der Waals surface area contributed by atoms with Crippen molar-refractivity contribution in [3.05, 3.63) is 42.0 Å². The minimum absolute atomic E-state index is 0.315. The maximum atomic E-state index is 12.5. The minimum Gasteiger partial charge on any atom is -0.340 e. The Kier molecular flexibility index (Phi) is 8.37. The lowest BCUT2D eigenvalue weighted by atomic mass is 10.1. The number of piperazine rings is 1. The Morgan fingerprint density at radius 1 is 1.00 bits per heavy atom. The third kappa shape index (κ3) is 7.11. The van der Waals surface area contributed by atoms with Crippen molar-refractivity contribution in [3.63, 3.8) is 0 Å². The maximum absolute atomic E-state index is 12.5. The molecular formula is C23H35N3O. The fraction of sp³-hybridized carbons (Fsp3) is 0.609. The summed E-state index contributed by atoms with van der Waals surface area (Å²) in [5.74, 6) is 0.315. The summed E-state index contributed by atoms with van der Waals surface area (Å²) in [4.78, 5) is 16.9. The molecule has 1 N–H and O–H groups in total. The normalized spacial score (nSPS) is 20.1. The van der Waals surface area contributed by atoms with Gasteiger partial charge in [-0.05, 0) is 18.4 Å². The van der Waals surface area contributed by atoms with E-state index in [-0.39, 0.29) is 0 Å². The Balaban J connectivity index is 1.30. The molecule has 0 unspecified atom stereocenters. The molecule has 0 radical (unpaired) electrons. The quantitative estimate of drug-likeness (QED) is 0.747. The zero-order valence-corrected chi connectivity index (χ0v) is 16.6. The van der Waals surface area contributed by atoms with Gasteiger partial charge in [0.25, 0.3) is 0 Å². The van der Waals surface area contributed by atoms with Crippen molar-refractivity contribution >= 4 is 12.0 Å². The highest BCUT2D eigenvalue weighted by molar-refractivity contribution is 5.76. The van der Waals surface area contributed by atoms with E-state index in [0.29, 0.717) is 18.4 Å². The van der Waals surface area contributed by atoms with Crippen LogP contribution in [-0.2, 0) is 4.79 Å². The van der Waals surface area contributed by atoms with Gasteiger partial charge in [-0.3, -0.25) is 9.69 Å². The lowest BCUT2D eigenvalue weighted by Crippen LogP contribution is -2.49. The van der Waals surface area contributed by atoms with Gasteiger partial charge in [0, 0.05) is 51.7 Å². The molecule has 148 valence electrons. The van der Waals surface area contributed by atoms with E-state index in [1.54, 1.807) is 0 Å². The van der Waals surface area contributed by atoms with E-state index >= 15 is 0 Å². The molecule has 1 aliphatic heterocycles. The first kappa shape index (κ1) is 20.1. The van der Waals surface area contributed by atoms with Crippen LogP contribution in [0.5, 0.6) is 0 Å². The van der Waals surface area contributed by atoms with Crippen LogP contribution in [0, 0.1) is 0 Å². The Bertz CT molecular complexity index is 571. The topological polar surface area (TPSA) is 35.6 Å². The van der Waals surface area contributed by atoms with Gasteiger partial charge in [-0.1, -0.05) is 68.2 Å². The number of benzene rings is 1. The third-order valence-corrected chi connectivity index (χ3v) is 5.83. The monoisotopic (exact) mass is 369 g/mol. The van der Waals surface area contributed by atoms with E-state index in [2.05, 4.69) is 46.6 Å². The molecule has 2 aliphatic rings. The fourth-order valence-corrected chi connectivity index (χ4v) is 4.11. The zero-order chi connectivity index (χ0) is 18.7. The second-order valence-corrected chi connectivity index (χ2v) is 7.89. The third-order valence-electron chi connectivity index (χ3n) is 5.83. The number of rotatable bonds is 7. The predicted molar refractivity (Wildman–Crippen MR) is 113 cm³/mol. The highest BCUT2D eigenvalue weighted by atomic mass is 16.2. The fourth-order valence-electron chi connectivity index (χ4n) is 4.11. The molecule has 3 rings (SSSR count). The van der Waals surface area contributed by atoms with Crippen LogP contribution in [0.2, 0.25) is 0 Å². The summed E-state index contributed by atoms with van der Waals surface area (Å²) < 4.78 is 0. The second kappa shape index (κ2) is 11.3.